The summed E-state index contributed by atoms with van der Waals surface area (Å²) >= 11 is 0. The van der Waals surface area contributed by atoms with Gasteiger partial charge in [-0.3, -0.25) is 0 Å². The van der Waals surface area contributed by atoms with Crippen LogP contribution in [0.15, 0.2) is 12.7 Å². The van der Waals surface area contributed by atoms with Gasteiger partial charge in [-0.05, 0) is 20.8 Å². The van der Waals surface area contributed by atoms with Gasteiger partial charge in [0.25, 0.3) is 0 Å². The van der Waals surface area contributed by atoms with Crippen LogP contribution in [0.3, 0.4) is 0 Å². The molecule has 0 aromatic heterocycles. The first-order valence-electron chi connectivity index (χ1n) is 4.71. The van der Waals surface area contributed by atoms with E-state index in [4.69, 9.17) is 4.74 Å². The minimum absolute atomic E-state index is 0.173. The third-order valence-electron chi connectivity index (χ3n) is 1.65. The van der Waals surface area contributed by atoms with E-state index in [9.17, 15) is 5.11 Å². The highest BCUT2D eigenvalue weighted by molar-refractivity contribution is 4.81. The van der Waals surface area contributed by atoms with Crippen LogP contribution < -0.4 is 5.32 Å². The maximum atomic E-state index is 9.42. The van der Waals surface area contributed by atoms with Crippen LogP contribution >= 0.6 is 0 Å². The Balaban J connectivity index is 3.39. The van der Waals surface area contributed by atoms with Crippen molar-refractivity contribution in [3.8, 4) is 0 Å². The third-order valence-corrected chi connectivity index (χ3v) is 1.65. The van der Waals surface area contributed by atoms with Gasteiger partial charge in [0.05, 0.1) is 18.8 Å². The molecule has 0 spiro atoms. The standard InChI is InChI=1S/C10H21NO2/c1-5-9(4)11-6-10(12)7-13-8(2)3/h5,8-12H,1,6-7H2,2-4H3. The van der Waals surface area contributed by atoms with Crippen molar-refractivity contribution in [1.82, 2.24) is 5.32 Å². The summed E-state index contributed by atoms with van der Waals surface area (Å²) in [6, 6.07) is 0.230. The van der Waals surface area contributed by atoms with Gasteiger partial charge in [0.1, 0.15) is 0 Å². The van der Waals surface area contributed by atoms with Crippen LogP contribution in [-0.2, 0) is 4.74 Å². The fourth-order valence-electron chi connectivity index (χ4n) is 0.768. The molecule has 0 amide bonds. The highest BCUT2D eigenvalue weighted by atomic mass is 16.5. The molecule has 0 aliphatic carbocycles. The van der Waals surface area contributed by atoms with Crippen LogP contribution in [0.4, 0.5) is 0 Å². The van der Waals surface area contributed by atoms with E-state index in [1.54, 1.807) is 6.08 Å². The zero-order chi connectivity index (χ0) is 10.3. The van der Waals surface area contributed by atoms with E-state index in [-0.39, 0.29) is 12.1 Å². The molecule has 2 atom stereocenters. The Labute approximate surface area is 80.8 Å². The Kier molecular flexibility index (Phi) is 6.86. The summed E-state index contributed by atoms with van der Waals surface area (Å²) in [5.41, 5.74) is 0. The van der Waals surface area contributed by atoms with E-state index >= 15 is 0 Å². The second-order valence-corrected chi connectivity index (χ2v) is 3.47. The Morgan fingerprint density at radius 2 is 2.08 bits per heavy atom. The molecule has 0 fully saturated rings. The van der Waals surface area contributed by atoms with Crippen molar-refractivity contribution in [2.24, 2.45) is 0 Å². The summed E-state index contributed by atoms with van der Waals surface area (Å²) in [5, 5.41) is 12.5. The number of hydrogen-bond donors (Lipinski definition) is 2. The number of hydrogen-bond acceptors (Lipinski definition) is 3. The molecule has 0 rings (SSSR count). The quantitative estimate of drug-likeness (QED) is 0.583. The highest BCUT2D eigenvalue weighted by Gasteiger charge is 2.05. The van der Waals surface area contributed by atoms with Crippen molar-refractivity contribution in [3.63, 3.8) is 0 Å². The molecule has 0 aromatic rings. The SMILES string of the molecule is C=CC(C)NCC(O)COC(C)C. The van der Waals surface area contributed by atoms with Crippen LogP contribution in [-0.4, -0.2) is 36.5 Å². The van der Waals surface area contributed by atoms with Crippen LogP contribution in [0.1, 0.15) is 20.8 Å². The number of aliphatic hydroxyl groups excluding tert-OH is 1. The van der Waals surface area contributed by atoms with Gasteiger partial charge in [0.15, 0.2) is 0 Å². The van der Waals surface area contributed by atoms with Crippen LogP contribution in [0.25, 0.3) is 0 Å². The lowest BCUT2D eigenvalue weighted by molar-refractivity contribution is 0.00604. The van der Waals surface area contributed by atoms with E-state index in [1.807, 2.05) is 20.8 Å². The van der Waals surface area contributed by atoms with Gasteiger partial charge in [0.2, 0.25) is 0 Å². The molecular weight excluding hydrogens is 166 g/mol. The van der Waals surface area contributed by atoms with Gasteiger partial charge in [-0.1, -0.05) is 6.08 Å². The summed E-state index contributed by atoms with van der Waals surface area (Å²) in [4.78, 5) is 0. The zero-order valence-corrected chi connectivity index (χ0v) is 8.79. The van der Waals surface area contributed by atoms with Crippen molar-refractivity contribution < 1.29 is 9.84 Å². The molecule has 0 saturated heterocycles. The fourth-order valence-corrected chi connectivity index (χ4v) is 0.768. The minimum Gasteiger partial charge on any atom is -0.389 e. The maximum Gasteiger partial charge on any atom is 0.0898 e. The highest BCUT2D eigenvalue weighted by Crippen LogP contribution is 1.91. The number of aliphatic hydroxyl groups is 1. The summed E-state index contributed by atoms with van der Waals surface area (Å²) in [6.45, 7) is 10.5. The molecule has 0 bridgehead atoms. The predicted octanol–water partition coefficient (Wildman–Crippen LogP) is 0.936. The second-order valence-electron chi connectivity index (χ2n) is 3.47. The Bertz CT molecular complexity index is 137. The average molecular weight is 187 g/mol. The van der Waals surface area contributed by atoms with Crippen molar-refractivity contribution >= 4 is 0 Å². The first-order valence-corrected chi connectivity index (χ1v) is 4.71. The fraction of sp³-hybridized carbons (Fsp3) is 0.800. The first kappa shape index (κ1) is 12.6. The number of rotatable bonds is 7. The number of ether oxygens (including phenoxy) is 1. The van der Waals surface area contributed by atoms with Gasteiger partial charge in [-0.25, -0.2) is 0 Å². The number of nitrogens with one attached hydrogen (secondary N) is 1. The molecular formula is C10H21NO2. The Morgan fingerprint density at radius 3 is 2.54 bits per heavy atom. The Hall–Kier alpha value is -0.380. The van der Waals surface area contributed by atoms with Crippen molar-refractivity contribution in [2.45, 2.75) is 39.0 Å². The maximum absolute atomic E-state index is 9.42. The van der Waals surface area contributed by atoms with Gasteiger partial charge in [-0.15, -0.1) is 6.58 Å². The summed E-state index contributed by atoms with van der Waals surface area (Å²) in [5.74, 6) is 0. The average Bonchev–Trinajstić information content (AvgIpc) is 2.10. The summed E-state index contributed by atoms with van der Waals surface area (Å²) in [6.07, 6.45) is 1.53. The van der Waals surface area contributed by atoms with Crippen molar-refractivity contribution in [2.75, 3.05) is 13.2 Å². The summed E-state index contributed by atoms with van der Waals surface area (Å²) in [7, 11) is 0. The molecule has 0 saturated carbocycles. The minimum atomic E-state index is -0.440. The molecule has 3 heteroatoms. The molecule has 13 heavy (non-hydrogen) atoms. The van der Waals surface area contributed by atoms with Gasteiger partial charge < -0.3 is 15.2 Å². The van der Waals surface area contributed by atoms with Crippen LogP contribution in [0, 0.1) is 0 Å². The van der Waals surface area contributed by atoms with Crippen molar-refractivity contribution in [3.05, 3.63) is 12.7 Å². The molecule has 2 unspecified atom stereocenters. The van der Waals surface area contributed by atoms with Crippen molar-refractivity contribution in [1.29, 1.82) is 0 Å². The largest absolute Gasteiger partial charge is 0.389 e. The van der Waals surface area contributed by atoms with E-state index in [2.05, 4.69) is 11.9 Å². The first-order chi connectivity index (χ1) is 6.06. The molecule has 0 heterocycles. The van der Waals surface area contributed by atoms with Gasteiger partial charge in [0, 0.05) is 12.6 Å². The van der Waals surface area contributed by atoms with Crippen LogP contribution in [0.2, 0.25) is 0 Å². The molecule has 0 aliphatic rings. The molecule has 0 aromatic carbocycles. The van der Waals surface area contributed by atoms with E-state index in [1.165, 1.54) is 0 Å². The molecule has 78 valence electrons. The molecule has 3 nitrogen and oxygen atoms in total. The smallest absolute Gasteiger partial charge is 0.0898 e. The lowest BCUT2D eigenvalue weighted by atomic mass is 10.3. The third kappa shape index (κ3) is 7.96. The van der Waals surface area contributed by atoms with Crippen LogP contribution in [0.5, 0.6) is 0 Å². The lowest BCUT2D eigenvalue weighted by Gasteiger charge is -2.15. The molecule has 0 radical (unpaired) electrons. The van der Waals surface area contributed by atoms with E-state index in [0.717, 1.165) is 0 Å². The van der Waals surface area contributed by atoms with Gasteiger partial charge >= 0.3 is 0 Å². The predicted molar refractivity (Wildman–Crippen MR) is 54.8 cm³/mol. The Morgan fingerprint density at radius 1 is 1.46 bits per heavy atom. The lowest BCUT2D eigenvalue weighted by Crippen LogP contribution is -2.35. The molecule has 0 aliphatic heterocycles. The van der Waals surface area contributed by atoms with Gasteiger partial charge in [-0.2, -0.15) is 0 Å². The van der Waals surface area contributed by atoms with E-state index in [0.29, 0.717) is 13.2 Å². The zero-order valence-electron chi connectivity index (χ0n) is 8.79. The second kappa shape index (κ2) is 7.06. The van der Waals surface area contributed by atoms with E-state index < -0.39 is 6.10 Å². The normalized spacial score (nSPS) is 15.8. The summed E-state index contributed by atoms with van der Waals surface area (Å²) < 4.78 is 5.25. The monoisotopic (exact) mass is 187 g/mol. The topological polar surface area (TPSA) is 41.5 Å². The molecule has 2 N–H and O–H groups in total.